The molecular weight excluding hydrogens is 258 g/mol. The van der Waals surface area contributed by atoms with Crippen molar-refractivity contribution in [2.24, 2.45) is 7.05 Å². The van der Waals surface area contributed by atoms with Crippen LogP contribution in [0.15, 0.2) is 66.9 Å². The van der Waals surface area contributed by atoms with Gasteiger partial charge in [0, 0.05) is 31.9 Å². The Morgan fingerprint density at radius 3 is 2.14 bits per heavy atom. The van der Waals surface area contributed by atoms with E-state index in [9.17, 15) is 0 Å². The maximum Gasteiger partial charge on any atom is 0.0923 e. The third kappa shape index (κ3) is 3.58. The van der Waals surface area contributed by atoms with Gasteiger partial charge in [0.25, 0.3) is 0 Å². The van der Waals surface area contributed by atoms with Crippen molar-refractivity contribution < 1.29 is 0 Å². The standard InChI is InChI=1S/C18H19N3/c1-21-12-11-18(20-21)17-9-7-16(8-10-17)14-19-13-15-5-3-2-4-6-15/h2-12,19H,13-14H2,1H3. The van der Waals surface area contributed by atoms with Gasteiger partial charge in [-0.3, -0.25) is 4.68 Å². The summed E-state index contributed by atoms with van der Waals surface area (Å²) in [5.41, 5.74) is 4.76. The summed E-state index contributed by atoms with van der Waals surface area (Å²) in [5, 5.41) is 7.88. The van der Waals surface area contributed by atoms with Gasteiger partial charge in [0.05, 0.1) is 5.69 Å². The molecule has 0 aliphatic rings. The summed E-state index contributed by atoms with van der Waals surface area (Å²) in [6, 6.07) is 21.0. The summed E-state index contributed by atoms with van der Waals surface area (Å²) in [6.45, 7) is 1.76. The zero-order valence-electron chi connectivity index (χ0n) is 12.2. The SMILES string of the molecule is Cn1ccc(-c2ccc(CNCc3ccccc3)cc2)n1. The fourth-order valence-electron chi connectivity index (χ4n) is 2.31. The van der Waals surface area contributed by atoms with Crippen LogP contribution in [-0.2, 0) is 20.1 Å². The van der Waals surface area contributed by atoms with Crippen LogP contribution in [0.25, 0.3) is 11.3 Å². The molecule has 0 aliphatic carbocycles. The average Bonchev–Trinajstić information content (AvgIpc) is 2.96. The predicted octanol–water partition coefficient (Wildman–Crippen LogP) is 3.38. The third-order valence-electron chi connectivity index (χ3n) is 3.46. The summed E-state index contributed by atoms with van der Waals surface area (Å²) in [4.78, 5) is 0. The van der Waals surface area contributed by atoms with Gasteiger partial charge in [0.2, 0.25) is 0 Å². The first kappa shape index (κ1) is 13.6. The molecule has 1 N–H and O–H groups in total. The Bertz CT molecular complexity index is 684. The molecule has 3 rings (SSSR count). The lowest BCUT2D eigenvalue weighted by Crippen LogP contribution is -2.12. The number of aryl methyl sites for hydroxylation is 1. The quantitative estimate of drug-likeness (QED) is 0.775. The number of hydrogen-bond donors (Lipinski definition) is 1. The molecular formula is C18H19N3. The van der Waals surface area contributed by atoms with E-state index in [-0.39, 0.29) is 0 Å². The minimum Gasteiger partial charge on any atom is -0.309 e. The Morgan fingerprint density at radius 1 is 0.857 bits per heavy atom. The summed E-state index contributed by atoms with van der Waals surface area (Å²) in [7, 11) is 1.94. The third-order valence-corrected chi connectivity index (χ3v) is 3.46. The molecule has 0 unspecified atom stereocenters. The molecule has 21 heavy (non-hydrogen) atoms. The Balaban J connectivity index is 1.57. The molecule has 1 aromatic heterocycles. The van der Waals surface area contributed by atoms with Crippen molar-refractivity contribution in [2.75, 3.05) is 0 Å². The van der Waals surface area contributed by atoms with Crippen LogP contribution >= 0.6 is 0 Å². The zero-order chi connectivity index (χ0) is 14.5. The van der Waals surface area contributed by atoms with Crippen molar-refractivity contribution in [2.45, 2.75) is 13.1 Å². The molecule has 0 saturated carbocycles. The topological polar surface area (TPSA) is 29.9 Å². The molecule has 0 fully saturated rings. The maximum atomic E-state index is 4.41. The molecule has 3 aromatic rings. The van der Waals surface area contributed by atoms with Crippen LogP contribution in [-0.4, -0.2) is 9.78 Å². The van der Waals surface area contributed by atoms with E-state index in [1.165, 1.54) is 11.1 Å². The smallest absolute Gasteiger partial charge is 0.0923 e. The van der Waals surface area contributed by atoms with Crippen LogP contribution in [0, 0.1) is 0 Å². The second-order valence-corrected chi connectivity index (χ2v) is 5.16. The minimum atomic E-state index is 0.872. The molecule has 0 saturated heterocycles. The Hall–Kier alpha value is -2.39. The van der Waals surface area contributed by atoms with Gasteiger partial charge in [0.1, 0.15) is 0 Å². The number of nitrogens with zero attached hydrogens (tertiary/aromatic N) is 2. The van der Waals surface area contributed by atoms with Crippen molar-refractivity contribution in [3.05, 3.63) is 78.0 Å². The van der Waals surface area contributed by atoms with Gasteiger partial charge in [-0.2, -0.15) is 5.10 Å². The van der Waals surface area contributed by atoms with Crippen LogP contribution in [0.2, 0.25) is 0 Å². The van der Waals surface area contributed by atoms with E-state index in [2.05, 4.69) is 58.9 Å². The molecule has 0 aliphatic heterocycles. The molecule has 0 radical (unpaired) electrons. The lowest BCUT2D eigenvalue weighted by atomic mass is 10.1. The molecule has 0 atom stereocenters. The van der Waals surface area contributed by atoms with E-state index in [0.717, 1.165) is 24.3 Å². The van der Waals surface area contributed by atoms with E-state index in [4.69, 9.17) is 0 Å². The summed E-state index contributed by atoms with van der Waals surface area (Å²) in [5.74, 6) is 0. The molecule has 1 heterocycles. The normalized spacial score (nSPS) is 10.7. The second kappa shape index (κ2) is 6.37. The fraction of sp³-hybridized carbons (Fsp3) is 0.167. The second-order valence-electron chi connectivity index (χ2n) is 5.16. The lowest BCUT2D eigenvalue weighted by molar-refractivity contribution is 0.693. The van der Waals surface area contributed by atoms with Crippen molar-refractivity contribution >= 4 is 0 Å². The van der Waals surface area contributed by atoms with Crippen molar-refractivity contribution in [1.29, 1.82) is 0 Å². The Morgan fingerprint density at radius 2 is 1.52 bits per heavy atom. The maximum absolute atomic E-state index is 4.41. The Labute approximate surface area is 125 Å². The average molecular weight is 277 g/mol. The van der Waals surface area contributed by atoms with Gasteiger partial charge >= 0.3 is 0 Å². The van der Waals surface area contributed by atoms with Gasteiger partial charge in [-0.15, -0.1) is 0 Å². The highest BCUT2D eigenvalue weighted by atomic mass is 15.2. The minimum absolute atomic E-state index is 0.872. The van der Waals surface area contributed by atoms with Gasteiger partial charge in [-0.05, 0) is 17.2 Å². The van der Waals surface area contributed by atoms with E-state index < -0.39 is 0 Å². The molecule has 2 aromatic carbocycles. The number of nitrogens with one attached hydrogen (secondary N) is 1. The molecule has 3 nitrogen and oxygen atoms in total. The van der Waals surface area contributed by atoms with E-state index in [1.807, 2.05) is 30.1 Å². The lowest BCUT2D eigenvalue weighted by Gasteiger charge is -2.06. The van der Waals surface area contributed by atoms with Gasteiger partial charge < -0.3 is 5.32 Å². The fourth-order valence-corrected chi connectivity index (χ4v) is 2.31. The number of aromatic nitrogens is 2. The number of rotatable bonds is 5. The summed E-state index contributed by atoms with van der Waals surface area (Å²) in [6.07, 6.45) is 1.96. The van der Waals surface area contributed by atoms with Crippen molar-refractivity contribution in [3.8, 4) is 11.3 Å². The van der Waals surface area contributed by atoms with Gasteiger partial charge in [-0.25, -0.2) is 0 Å². The largest absolute Gasteiger partial charge is 0.309 e. The van der Waals surface area contributed by atoms with Crippen LogP contribution in [0.1, 0.15) is 11.1 Å². The number of hydrogen-bond acceptors (Lipinski definition) is 2. The molecule has 0 amide bonds. The van der Waals surface area contributed by atoms with Crippen LogP contribution < -0.4 is 5.32 Å². The monoisotopic (exact) mass is 277 g/mol. The molecule has 0 bridgehead atoms. The Kier molecular flexibility index (Phi) is 4.12. The van der Waals surface area contributed by atoms with Crippen molar-refractivity contribution in [1.82, 2.24) is 15.1 Å². The summed E-state index contributed by atoms with van der Waals surface area (Å²) < 4.78 is 1.82. The first-order chi connectivity index (χ1) is 10.3. The first-order valence-corrected chi connectivity index (χ1v) is 7.15. The van der Waals surface area contributed by atoms with Crippen molar-refractivity contribution in [3.63, 3.8) is 0 Å². The van der Waals surface area contributed by atoms with Crippen LogP contribution in [0.4, 0.5) is 0 Å². The zero-order valence-corrected chi connectivity index (χ0v) is 12.2. The first-order valence-electron chi connectivity index (χ1n) is 7.15. The van der Waals surface area contributed by atoms with Crippen LogP contribution in [0.5, 0.6) is 0 Å². The predicted molar refractivity (Wildman–Crippen MR) is 85.6 cm³/mol. The highest BCUT2D eigenvalue weighted by Crippen LogP contribution is 2.17. The highest BCUT2D eigenvalue weighted by Gasteiger charge is 2.01. The van der Waals surface area contributed by atoms with E-state index in [1.54, 1.807) is 0 Å². The van der Waals surface area contributed by atoms with Gasteiger partial charge in [0.15, 0.2) is 0 Å². The number of benzene rings is 2. The molecule has 3 heteroatoms. The van der Waals surface area contributed by atoms with Gasteiger partial charge in [-0.1, -0.05) is 54.6 Å². The van der Waals surface area contributed by atoms with Crippen LogP contribution in [0.3, 0.4) is 0 Å². The van der Waals surface area contributed by atoms with E-state index in [0.29, 0.717) is 0 Å². The summed E-state index contributed by atoms with van der Waals surface area (Å²) >= 11 is 0. The van der Waals surface area contributed by atoms with E-state index >= 15 is 0 Å². The highest BCUT2D eigenvalue weighted by molar-refractivity contribution is 5.58. The molecule has 106 valence electrons. The molecule has 0 spiro atoms.